The lowest BCUT2D eigenvalue weighted by molar-refractivity contribution is 0.102. The van der Waals surface area contributed by atoms with E-state index in [4.69, 9.17) is 0 Å². The first-order valence-corrected chi connectivity index (χ1v) is 6.21. The fourth-order valence-electron chi connectivity index (χ4n) is 2.15. The van der Waals surface area contributed by atoms with Gasteiger partial charge in [0, 0.05) is 29.7 Å². The molecule has 6 nitrogen and oxygen atoms in total. The van der Waals surface area contributed by atoms with Crippen LogP contribution in [0.5, 0.6) is 0 Å². The molecule has 0 saturated heterocycles. The van der Waals surface area contributed by atoms with E-state index in [1.165, 1.54) is 6.20 Å². The molecule has 0 aliphatic rings. The summed E-state index contributed by atoms with van der Waals surface area (Å²) in [4.78, 5) is 27.4. The molecule has 3 rings (SSSR count). The molecule has 0 aliphatic carbocycles. The fourth-order valence-corrected chi connectivity index (χ4v) is 2.15. The average molecular weight is 281 g/mol. The van der Waals surface area contributed by atoms with Crippen molar-refractivity contribution in [2.24, 2.45) is 0 Å². The maximum atomic E-state index is 12.3. The molecule has 1 aromatic carbocycles. The molecule has 0 atom stereocenters. The van der Waals surface area contributed by atoms with Gasteiger partial charge >= 0.3 is 6.09 Å². The summed E-state index contributed by atoms with van der Waals surface area (Å²) in [6.07, 6.45) is 3.32. The van der Waals surface area contributed by atoms with E-state index in [9.17, 15) is 14.7 Å². The van der Waals surface area contributed by atoms with Crippen molar-refractivity contribution in [3.05, 3.63) is 60.6 Å². The largest absolute Gasteiger partial charge is 0.464 e. The standard InChI is InChI=1S/C15H11N3O3/c19-14(17-10-5-7-16-8-6-10)12-9-18(15(20)21)13-4-2-1-3-11(12)13/h1-9H,(H,20,21)(H,16,17,19). The molecule has 0 saturated carbocycles. The average Bonchev–Trinajstić information content (AvgIpc) is 2.88. The molecule has 3 aromatic rings. The topological polar surface area (TPSA) is 84.2 Å². The summed E-state index contributed by atoms with van der Waals surface area (Å²) in [7, 11) is 0. The van der Waals surface area contributed by atoms with Gasteiger partial charge in [0.25, 0.3) is 5.91 Å². The Labute approximate surface area is 119 Å². The third-order valence-electron chi connectivity index (χ3n) is 3.10. The Kier molecular flexibility index (Phi) is 3.12. The molecule has 0 fully saturated rings. The van der Waals surface area contributed by atoms with Crippen LogP contribution in [0.25, 0.3) is 10.9 Å². The zero-order valence-corrected chi connectivity index (χ0v) is 10.9. The Morgan fingerprint density at radius 3 is 2.52 bits per heavy atom. The molecule has 2 aromatic heterocycles. The first-order chi connectivity index (χ1) is 10.2. The third-order valence-corrected chi connectivity index (χ3v) is 3.10. The second kappa shape index (κ2) is 5.09. The normalized spacial score (nSPS) is 10.5. The molecule has 0 aliphatic heterocycles. The number of carbonyl (C=O) groups is 2. The monoisotopic (exact) mass is 281 g/mol. The van der Waals surface area contributed by atoms with E-state index in [1.807, 2.05) is 0 Å². The lowest BCUT2D eigenvalue weighted by Crippen LogP contribution is -2.12. The number of pyridine rings is 1. The second-order valence-electron chi connectivity index (χ2n) is 4.40. The second-order valence-corrected chi connectivity index (χ2v) is 4.40. The van der Waals surface area contributed by atoms with Crippen LogP contribution < -0.4 is 5.32 Å². The van der Waals surface area contributed by atoms with Crippen molar-refractivity contribution in [2.75, 3.05) is 5.32 Å². The van der Waals surface area contributed by atoms with Gasteiger partial charge in [-0.15, -0.1) is 0 Å². The number of nitrogens with one attached hydrogen (secondary N) is 1. The number of amides is 1. The van der Waals surface area contributed by atoms with Gasteiger partial charge in [-0.3, -0.25) is 14.3 Å². The SMILES string of the molecule is O=C(Nc1ccncc1)c1cn(C(=O)O)c2ccccc12. The fraction of sp³-hybridized carbons (Fsp3) is 0. The molecule has 21 heavy (non-hydrogen) atoms. The third kappa shape index (κ3) is 2.34. The first kappa shape index (κ1) is 12.9. The van der Waals surface area contributed by atoms with Crippen LogP contribution in [0.2, 0.25) is 0 Å². The minimum atomic E-state index is -1.13. The number of carboxylic acid groups (broad SMARTS) is 1. The van der Waals surface area contributed by atoms with E-state index >= 15 is 0 Å². The zero-order valence-electron chi connectivity index (χ0n) is 10.9. The van der Waals surface area contributed by atoms with Crippen LogP contribution in [0.1, 0.15) is 10.4 Å². The van der Waals surface area contributed by atoms with Crippen LogP contribution in [0, 0.1) is 0 Å². The number of aromatic nitrogens is 2. The van der Waals surface area contributed by atoms with E-state index in [0.29, 0.717) is 22.2 Å². The smallest absolute Gasteiger partial charge is 0.416 e. The number of hydrogen-bond acceptors (Lipinski definition) is 3. The van der Waals surface area contributed by atoms with Crippen LogP contribution >= 0.6 is 0 Å². The summed E-state index contributed by atoms with van der Waals surface area (Å²) in [5.74, 6) is -0.364. The maximum absolute atomic E-state index is 12.3. The Bertz CT molecular complexity index is 825. The zero-order chi connectivity index (χ0) is 14.8. The van der Waals surface area contributed by atoms with Gasteiger partial charge in [-0.25, -0.2) is 4.79 Å². The van der Waals surface area contributed by atoms with Crippen molar-refractivity contribution >= 4 is 28.6 Å². The van der Waals surface area contributed by atoms with Gasteiger partial charge in [0.05, 0.1) is 11.1 Å². The number of anilines is 1. The van der Waals surface area contributed by atoms with Gasteiger partial charge in [-0.2, -0.15) is 0 Å². The predicted octanol–water partition coefficient (Wildman–Crippen LogP) is 2.81. The van der Waals surface area contributed by atoms with E-state index < -0.39 is 6.09 Å². The molecule has 0 bridgehead atoms. The van der Waals surface area contributed by atoms with Gasteiger partial charge in [-0.1, -0.05) is 18.2 Å². The van der Waals surface area contributed by atoms with Crippen molar-refractivity contribution in [3.63, 3.8) is 0 Å². The van der Waals surface area contributed by atoms with Crippen molar-refractivity contribution in [1.29, 1.82) is 0 Å². The Morgan fingerprint density at radius 2 is 1.81 bits per heavy atom. The molecule has 2 N–H and O–H groups in total. The van der Waals surface area contributed by atoms with Crippen LogP contribution in [0.3, 0.4) is 0 Å². The molecule has 1 amide bonds. The molecule has 2 heterocycles. The number of fused-ring (bicyclic) bond motifs is 1. The summed E-state index contributed by atoms with van der Waals surface area (Å²) in [6, 6.07) is 10.2. The van der Waals surface area contributed by atoms with Crippen molar-refractivity contribution in [3.8, 4) is 0 Å². The summed E-state index contributed by atoms with van der Waals surface area (Å²) in [5.41, 5.74) is 1.39. The number of benzene rings is 1. The van der Waals surface area contributed by atoms with Crippen molar-refractivity contribution in [2.45, 2.75) is 0 Å². The van der Waals surface area contributed by atoms with Gasteiger partial charge in [0.2, 0.25) is 0 Å². The predicted molar refractivity (Wildman–Crippen MR) is 77.6 cm³/mol. The number of hydrogen-bond donors (Lipinski definition) is 2. The number of carbonyl (C=O) groups excluding carboxylic acids is 1. The van der Waals surface area contributed by atoms with Crippen LogP contribution in [0.4, 0.5) is 10.5 Å². The Morgan fingerprint density at radius 1 is 1.10 bits per heavy atom. The van der Waals surface area contributed by atoms with Gasteiger partial charge < -0.3 is 10.4 Å². The Hall–Kier alpha value is -3.15. The van der Waals surface area contributed by atoms with Gasteiger partial charge in [0.1, 0.15) is 0 Å². The quantitative estimate of drug-likeness (QED) is 0.756. The van der Waals surface area contributed by atoms with E-state index in [0.717, 1.165) is 4.57 Å². The maximum Gasteiger partial charge on any atom is 0.416 e. The Balaban J connectivity index is 2.04. The molecule has 0 spiro atoms. The highest BCUT2D eigenvalue weighted by Crippen LogP contribution is 2.22. The summed E-state index contributed by atoms with van der Waals surface area (Å²) in [5, 5.41) is 12.5. The molecule has 6 heteroatoms. The molecule has 0 unspecified atom stereocenters. The van der Waals surface area contributed by atoms with Crippen molar-refractivity contribution < 1.29 is 14.7 Å². The summed E-state index contributed by atoms with van der Waals surface area (Å²) in [6.45, 7) is 0. The first-order valence-electron chi connectivity index (χ1n) is 6.21. The molecule has 104 valence electrons. The van der Waals surface area contributed by atoms with Gasteiger partial charge in [-0.05, 0) is 18.2 Å². The van der Waals surface area contributed by atoms with Crippen LogP contribution in [0.15, 0.2) is 55.0 Å². The van der Waals surface area contributed by atoms with Crippen LogP contribution in [-0.2, 0) is 0 Å². The van der Waals surface area contributed by atoms with Gasteiger partial charge in [0.15, 0.2) is 0 Å². The lowest BCUT2D eigenvalue weighted by Gasteiger charge is -2.03. The minimum Gasteiger partial charge on any atom is -0.464 e. The highest BCUT2D eigenvalue weighted by atomic mass is 16.4. The summed E-state index contributed by atoms with van der Waals surface area (Å²) >= 11 is 0. The van der Waals surface area contributed by atoms with E-state index in [-0.39, 0.29) is 5.91 Å². The molecular formula is C15H11N3O3. The summed E-state index contributed by atoms with van der Waals surface area (Å²) < 4.78 is 1.04. The number of rotatable bonds is 2. The van der Waals surface area contributed by atoms with E-state index in [1.54, 1.807) is 48.8 Å². The highest BCUT2D eigenvalue weighted by Gasteiger charge is 2.17. The number of para-hydroxylation sites is 1. The van der Waals surface area contributed by atoms with Crippen LogP contribution in [-0.4, -0.2) is 26.7 Å². The van der Waals surface area contributed by atoms with E-state index in [2.05, 4.69) is 10.3 Å². The molecular weight excluding hydrogens is 270 g/mol. The minimum absolute atomic E-state index is 0.310. The number of nitrogens with zero attached hydrogens (tertiary/aromatic N) is 2. The molecule has 0 radical (unpaired) electrons. The highest BCUT2D eigenvalue weighted by molar-refractivity contribution is 6.14. The van der Waals surface area contributed by atoms with Crippen molar-refractivity contribution in [1.82, 2.24) is 9.55 Å². The lowest BCUT2D eigenvalue weighted by atomic mass is 10.1.